The Kier molecular flexibility index (Phi) is 4.95. The van der Waals surface area contributed by atoms with Crippen LogP contribution in [0.4, 0.5) is 0 Å². The number of likely N-dealkylation sites (tertiary alicyclic amines) is 1. The molecule has 7 nitrogen and oxygen atoms in total. The van der Waals surface area contributed by atoms with E-state index >= 15 is 0 Å². The molecule has 0 radical (unpaired) electrons. The number of aromatic nitrogens is 4. The summed E-state index contributed by atoms with van der Waals surface area (Å²) in [7, 11) is 2.13. The average molecular weight is 426 g/mol. The molecule has 31 heavy (non-hydrogen) atoms. The van der Waals surface area contributed by atoms with E-state index in [9.17, 15) is 10.5 Å². The second kappa shape index (κ2) is 7.92. The van der Waals surface area contributed by atoms with Crippen LogP contribution in [-0.2, 0) is 0 Å². The van der Waals surface area contributed by atoms with Crippen LogP contribution in [0.25, 0.3) is 16.6 Å². The summed E-state index contributed by atoms with van der Waals surface area (Å²) in [5.74, 6) is 0. The molecule has 0 N–H and O–H groups in total. The Morgan fingerprint density at radius 1 is 1.00 bits per heavy atom. The van der Waals surface area contributed by atoms with Crippen molar-refractivity contribution in [3.8, 4) is 23.3 Å². The third-order valence-corrected chi connectivity index (χ3v) is 6.71. The number of pyridine rings is 1. The highest BCUT2D eigenvalue weighted by Crippen LogP contribution is 2.37. The van der Waals surface area contributed by atoms with E-state index in [4.69, 9.17) is 0 Å². The Labute approximate surface area is 184 Å². The molecule has 4 heterocycles. The number of rotatable bonds is 4. The third kappa shape index (κ3) is 3.57. The van der Waals surface area contributed by atoms with Crippen molar-refractivity contribution in [2.45, 2.75) is 22.3 Å². The maximum atomic E-state index is 9.57. The van der Waals surface area contributed by atoms with Crippen molar-refractivity contribution >= 4 is 17.3 Å². The van der Waals surface area contributed by atoms with E-state index in [-0.39, 0.29) is 0 Å². The molecule has 1 aliphatic rings. The maximum Gasteiger partial charge on any atom is 0.103 e. The van der Waals surface area contributed by atoms with Crippen molar-refractivity contribution in [1.29, 1.82) is 10.5 Å². The second-order valence-electron chi connectivity index (χ2n) is 7.68. The lowest BCUT2D eigenvalue weighted by Gasteiger charge is -2.11. The van der Waals surface area contributed by atoms with Gasteiger partial charge in [-0.15, -0.1) is 0 Å². The molecule has 0 spiro atoms. The molecule has 0 aliphatic carbocycles. The lowest BCUT2D eigenvalue weighted by Crippen LogP contribution is -2.16. The van der Waals surface area contributed by atoms with Crippen molar-refractivity contribution < 1.29 is 0 Å². The highest BCUT2D eigenvalue weighted by Gasteiger charge is 2.22. The normalized spacial score (nSPS) is 16.4. The van der Waals surface area contributed by atoms with Crippen LogP contribution in [0.3, 0.4) is 0 Å². The van der Waals surface area contributed by atoms with Gasteiger partial charge in [-0.05, 0) is 38.2 Å². The maximum absolute atomic E-state index is 9.57. The Morgan fingerprint density at radius 2 is 1.84 bits per heavy atom. The number of fused-ring (bicyclic) bond motifs is 1. The summed E-state index contributed by atoms with van der Waals surface area (Å²) in [6, 6.07) is 14.4. The molecule has 0 saturated carbocycles. The van der Waals surface area contributed by atoms with Gasteiger partial charge in [-0.3, -0.25) is 4.68 Å². The molecule has 0 bridgehead atoms. The monoisotopic (exact) mass is 425 g/mol. The van der Waals surface area contributed by atoms with Crippen LogP contribution >= 0.6 is 11.8 Å². The largest absolute Gasteiger partial charge is 0.304 e. The van der Waals surface area contributed by atoms with Crippen LogP contribution in [-0.4, -0.2) is 44.4 Å². The minimum atomic E-state index is 0.383. The van der Waals surface area contributed by atoms with Crippen molar-refractivity contribution in [3.05, 3.63) is 66.2 Å². The highest BCUT2D eigenvalue weighted by molar-refractivity contribution is 7.99. The van der Waals surface area contributed by atoms with Crippen LogP contribution in [0, 0.1) is 22.7 Å². The first-order valence-electron chi connectivity index (χ1n) is 9.98. The number of nitriles is 2. The van der Waals surface area contributed by atoms with Gasteiger partial charge in [0.2, 0.25) is 0 Å². The molecule has 1 aromatic carbocycles. The molecule has 8 heteroatoms. The summed E-state index contributed by atoms with van der Waals surface area (Å²) in [6.07, 6.45) is 8.56. The van der Waals surface area contributed by atoms with Gasteiger partial charge in [-0.1, -0.05) is 23.9 Å². The Balaban J connectivity index is 1.59. The van der Waals surface area contributed by atoms with Crippen LogP contribution in [0.15, 0.2) is 64.9 Å². The lowest BCUT2D eigenvalue weighted by molar-refractivity contribution is 0.382. The SMILES string of the molecule is CN1CCC(n2cc(-c3cc(Sc4ccccc4C#N)c4c(C#N)cnn4c3)cn2)C1. The topological polar surface area (TPSA) is 85.9 Å². The molecule has 1 saturated heterocycles. The molecule has 3 aromatic heterocycles. The zero-order valence-corrected chi connectivity index (χ0v) is 17.8. The second-order valence-corrected chi connectivity index (χ2v) is 8.76. The van der Waals surface area contributed by atoms with E-state index in [0.29, 0.717) is 17.2 Å². The van der Waals surface area contributed by atoms with Crippen LogP contribution in [0.1, 0.15) is 23.6 Å². The number of nitrogens with zero attached hydrogens (tertiary/aromatic N) is 7. The van der Waals surface area contributed by atoms with E-state index in [1.54, 1.807) is 16.8 Å². The van der Waals surface area contributed by atoms with Gasteiger partial charge in [-0.2, -0.15) is 20.7 Å². The smallest absolute Gasteiger partial charge is 0.103 e. The van der Waals surface area contributed by atoms with E-state index < -0.39 is 0 Å². The minimum absolute atomic E-state index is 0.383. The van der Waals surface area contributed by atoms with Crippen molar-refractivity contribution in [1.82, 2.24) is 24.3 Å². The molecule has 5 rings (SSSR count). The number of benzene rings is 1. The highest BCUT2D eigenvalue weighted by atomic mass is 32.2. The summed E-state index contributed by atoms with van der Waals surface area (Å²) in [5.41, 5.74) is 3.82. The molecular formula is C23H19N7S. The Hall–Kier alpha value is -3.59. The molecule has 1 unspecified atom stereocenters. The Bertz CT molecular complexity index is 1350. The molecule has 1 aliphatic heterocycles. The lowest BCUT2D eigenvalue weighted by atomic mass is 10.1. The van der Waals surface area contributed by atoms with Gasteiger partial charge in [0.1, 0.15) is 12.1 Å². The molecular weight excluding hydrogens is 406 g/mol. The molecule has 152 valence electrons. The van der Waals surface area contributed by atoms with Gasteiger partial charge >= 0.3 is 0 Å². The van der Waals surface area contributed by atoms with Gasteiger partial charge in [0.25, 0.3) is 0 Å². The molecule has 4 aromatic rings. The van der Waals surface area contributed by atoms with Crippen molar-refractivity contribution in [3.63, 3.8) is 0 Å². The Morgan fingerprint density at radius 3 is 2.61 bits per heavy atom. The average Bonchev–Trinajstić information content (AvgIpc) is 3.53. The zero-order chi connectivity index (χ0) is 21.4. The van der Waals surface area contributed by atoms with Crippen LogP contribution in [0.2, 0.25) is 0 Å². The number of likely N-dealkylation sites (N-methyl/N-ethyl adjacent to an activating group) is 1. The van der Waals surface area contributed by atoms with E-state index in [2.05, 4.69) is 46.5 Å². The third-order valence-electron chi connectivity index (χ3n) is 5.60. The standard InChI is InChI=1S/C23H19N7S/c1-28-7-6-20(15-28)29-14-19(12-26-29)17-8-22(23-18(10-25)11-27-30(23)13-17)31-21-5-3-2-4-16(21)9-24/h2-5,8,11-14,20H,6-7,15H2,1H3. The van der Waals surface area contributed by atoms with Gasteiger partial charge in [-0.25, -0.2) is 4.52 Å². The number of hydrogen-bond acceptors (Lipinski definition) is 6. The van der Waals surface area contributed by atoms with E-state index in [1.165, 1.54) is 11.8 Å². The predicted octanol–water partition coefficient (Wildman–Crippen LogP) is 3.97. The fourth-order valence-corrected chi connectivity index (χ4v) is 5.08. The summed E-state index contributed by atoms with van der Waals surface area (Å²) < 4.78 is 3.79. The van der Waals surface area contributed by atoms with Crippen molar-refractivity contribution in [2.75, 3.05) is 20.1 Å². The first kappa shape index (κ1) is 19.4. The first-order chi connectivity index (χ1) is 15.2. The summed E-state index contributed by atoms with van der Waals surface area (Å²) in [6.45, 7) is 2.08. The van der Waals surface area contributed by atoms with Gasteiger partial charge in [0.15, 0.2) is 0 Å². The van der Waals surface area contributed by atoms with Crippen LogP contribution in [0.5, 0.6) is 0 Å². The quantitative estimate of drug-likeness (QED) is 0.492. The van der Waals surface area contributed by atoms with Gasteiger partial charge in [0.05, 0.1) is 35.1 Å². The summed E-state index contributed by atoms with van der Waals surface area (Å²) >= 11 is 1.48. The molecule has 1 atom stereocenters. The van der Waals surface area contributed by atoms with Crippen LogP contribution < -0.4 is 0 Å². The summed E-state index contributed by atoms with van der Waals surface area (Å²) in [4.78, 5) is 4.04. The minimum Gasteiger partial charge on any atom is -0.304 e. The predicted molar refractivity (Wildman–Crippen MR) is 118 cm³/mol. The molecule has 0 amide bonds. The van der Waals surface area contributed by atoms with E-state index in [0.717, 1.165) is 45.9 Å². The van der Waals surface area contributed by atoms with Crippen molar-refractivity contribution in [2.24, 2.45) is 0 Å². The van der Waals surface area contributed by atoms with E-state index in [1.807, 2.05) is 35.3 Å². The fourth-order valence-electron chi connectivity index (χ4n) is 3.98. The summed E-state index contributed by atoms with van der Waals surface area (Å²) in [5, 5.41) is 28.1. The first-order valence-corrected chi connectivity index (χ1v) is 10.8. The zero-order valence-electron chi connectivity index (χ0n) is 16.9. The number of hydrogen-bond donors (Lipinski definition) is 0. The fraction of sp³-hybridized carbons (Fsp3) is 0.217. The van der Waals surface area contributed by atoms with Gasteiger partial charge in [0, 0.05) is 39.9 Å². The van der Waals surface area contributed by atoms with Gasteiger partial charge < -0.3 is 4.90 Å². The molecule has 1 fully saturated rings.